The van der Waals surface area contributed by atoms with Crippen LogP contribution >= 0.6 is 0 Å². The topological polar surface area (TPSA) is 78.8 Å². The molecule has 2 aromatic rings. The lowest BCUT2D eigenvalue weighted by molar-refractivity contribution is 0.415. The van der Waals surface area contributed by atoms with Gasteiger partial charge in [0.1, 0.15) is 5.75 Å². The number of rotatable bonds is 3. The number of tetrazole rings is 1. The molecule has 0 bridgehead atoms. The van der Waals surface area contributed by atoms with Crippen LogP contribution in [0.1, 0.15) is 26.3 Å². The summed E-state index contributed by atoms with van der Waals surface area (Å²) in [5.41, 5.74) is 7.55. The molecule has 2 N–H and O–H groups in total. The largest absolute Gasteiger partial charge is 0.496 e. The second-order valence-electron chi connectivity index (χ2n) is 5.62. The van der Waals surface area contributed by atoms with Crippen LogP contribution in [-0.2, 0) is 0 Å². The predicted molar refractivity (Wildman–Crippen MR) is 71.7 cm³/mol. The molecule has 1 unspecified atom stereocenters. The number of benzene rings is 1. The monoisotopic (exact) mass is 259 g/mol. The van der Waals surface area contributed by atoms with E-state index in [-0.39, 0.29) is 5.41 Å². The van der Waals surface area contributed by atoms with Gasteiger partial charge in [-0.15, -0.1) is 5.10 Å². The van der Waals surface area contributed by atoms with Gasteiger partial charge >= 0.3 is 0 Å². The zero-order valence-corrected chi connectivity index (χ0v) is 11.3. The first-order valence-corrected chi connectivity index (χ1v) is 6.24. The Kier molecular flexibility index (Phi) is 2.48. The van der Waals surface area contributed by atoms with E-state index in [1.165, 1.54) is 0 Å². The van der Waals surface area contributed by atoms with Gasteiger partial charge in [0.15, 0.2) is 5.82 Å². The van der Waals surface area contributed by atoms with Crippen molar-refractivity contribution in [3.8, 4) is 17.1 Å². The molecule has 19 heavy (non-hydrogen) atoms. The van der Waals surface area contributed by atoms with Crippen LogP contribution in [0.25, 0.3) is 11.4 Å². The molecule has 0 radical (unpaired) electrons. The first-order chi connectivity index (χ1) is 9.03. The van der Waals surface area contributed by atoms with E-state index in [0.717, 1.165) is 17.8 Å². The Morgan fingerprint density at radius 1 is 1.42 bits per heavy atom. The molecule has 0 saturated heterocycles. The summed E-state index contributed by atoms with van der Waals surface area (Å²) in [5.74, 6) is 1.42. The Morgan fingerprint density at radius 2 is 2.16 bits per heavy atom. The van der Waals surface area contributed by atoms with E-state index >= 15 is 0 Å². The maximum Gasteiger partial charge on any atom is 0.186 e. The molecule has 3 rings (SSSR count). The van der Waals surface area contributed by atoms with Crippen molar-refractivity contribution in [1.82, 2.24) is 20.2 Å². The molecule has 1 fully saturated rings. The summed E-state index contributed by atoms with van der Waals surface area (Å²) >= 11 is 0. The highest BCUT2D eigenvalue weighted by atomic mass is 16.5. The SMILES string of the molecule is COc1cc(N)ccc1-c1nnnn1C1CC1(C)C. The molecule has 1 aromatic carbocycles. The number of aromatic nitrogens is 4. The minimum absolute atomic E-state index is 0.255. The van der Waals surface area contributed by atoms with Crippen molar-refractivity contribution in [3.05, 3.63) is 18.2 Å². The molecule has 1 heterocycles. The van der Waals surface area contributed by atoms with Gasteiger partial charge in [0.25, 0.3) is 0 Å². The molecule has 1 aliphatic rings. The first-order valence-electron chi connectivity index (χ1n) is 6.24. The number of ether oxygens (including phenoxy) is 1. The van der Waals surface area contributed by atoms with Crippen LogP contribution in [0.4, 0.5) is 5.69 Å². The van der Waals surface area contributed by atoms with Gasteiger partial charge in [-0.1, -0.05) is 13.8 Å². The smallest absolute Gasteiger partial charge is 0.186 e. The second kappa shape index (κ2) is 3.94. The molecule has 1 aliphatic carbocycles. The van der Waals surface area contributed by atoms with Crippen LogP contribution < -0.4 is 10.5 Å². The fourth-order valence-corrected chi connectivity index (χ4v) is 2.33. The number of nitrogens with two attached hydrogens (primary N) is 1. The summed E-state index contributed by atoms with van der Waals surface area (Å²) < 4.78 is 7.25. The highest BCUT2D eigenvalue weighted by Crippen LogP contribution is 2.56. The minimum atomic E-state index is 0.255. The highest BCUT2D eigenvalue weighted by Gasteiger charge is 2.49. The van der Waals surface area contributed by atoms with Crippen LogP contribution in [0.3, 0.4) is 0 Å². The van der Waals surface area contributed by atoms with Crippen LogP contribution in [0.2, 0.25) is 0 Å². The van der Waals surface area contributed by atoms with E-state index in [1.807, 2.05) is 16.8 Å². The Labute approximate surface area is 111 Å². The van der Waals surface area contributed by atoms with E-state index < -0.39 is 0 Å². The summed E-state index contributed by atoms with van der Waals surface area (Å²) in [5, 5.41) is 12.0. The quantitative estimate of drug-likeness (QED) is 0.852. The zero-order chi connectivity index (χ0) is 13.6. The molecule has 1 aromatic heterocycles. The lowest BCUT2D eigenvalue weighted by atomic mass is 10.1. The molecular formula is C13H17N5O. The van der Waals surface area contributed by atoms with Crippen molar-refractivity contribution in [2.45, 2.75) is 26.3 Å². The van der Waals surface area contributed by atoms with Crippen LogP contribution in [-0.4, -0.2) is 27.3 Å². The van der Waals surface area contributed by atoms with Crippen LogP contribution in [0.15, 0.2) is 18.2 Å². The Hall–Kier alpha value is -2.11. The fraction of sp³-hybridized carbons (Fsp3) is 0.462. The molecular weight excluding hydrogens is 242 g/mol. The van der Waals surface area contributed by atoms with E-state index in [9.17, 15) is 0 Å². The van der Waals surface area contributed by atoms with E-state index in [0.29, 0.717) is 17.5 Å². The standard InChI is InChI=1S/C13H17N5O/c1-13(2)7-11(13)18-12(15-16-17-18)9-5-4-8(14)6-10(9)19-3/h4-6,11H,7,14H2,1-3H3. The molecule has 1 atom stereocenters. The van der Waals surface area contributed by atoms with Crippen molar-refractivity contribution in [2.24, 2.45) is 5.41 Å². The first kappa shape index (κ1) is 12.0. The number of hydrogen-bond donors (Lipinski definition) is 1. The molecule has 1 saturated carbocycles. The summed E-state index contributed by atoms with van der Waals surface area (Å²) in [7, 11) is 1.62. The van der Waals surface area contributed by atoms with E-state index in [4.69, 9.17) is 10.5 Å². The maximum absolute atomic E-state index is 5.77. The molecule has 0 spiro atoms. The lowest BCUT2D eigenvalue weighted by Crippen LogP contribution is -2.05. The summed E-state index contributed by atoms with van der Waals surface area (Å²) in [6.07, 6.45) is 1.09. The molecule has 100 valence electrons. The van der Waals surface area contributed by atoms with Crippen molar-refractivity contribution in [2.75, 3.05) is 12.8 Å². The van der Waals surface area contributed by atoms with Gasteiger partial charge in [-0.3, -0.25) is 0 Å². The number of anilines is 1. The van der Waals surface area contributed by atoms with Crippen molar-refractivity contribution in [1.29, 1.82) is 0 Å². The Bertz CT molecular complexity index is 619. The molecule has 6 heteroatoms. The zero-order valence-electron chi connectivity index (χ0n) is 11.3. The fourth-order valence-electron chi connectivity index (χ4n) is 2.33. The third kappa shape index (κ3) is 1.93. The van der Waals surface area contributed by atoms with E-state index in [1.54, 1.807) is 13.2 Å². The van der Waals surface area contributed by atoms with Crippen molar-refractivity contribution in [3.63, 3.8) is 0 Å². The van der Waals surface area contributed by atoms with Gasteiger partial charge in [-0.05, 0) is 34.4 Å². The maximum atomic E-state index is 5.77. The number of nitrogen functional groups attached to an aromatic ring is 1. The van der Waals surface area contributed by atoms with Gasteiger partial charge in [0.05, 0.1) is 18.7 Å². The average Bonchev–Trinajstić information content (AvgIpc) is 2.81. The van der Waals surface area contributed by atoms with Gasteiger partial charge in [-0.25, -0.2) is 4.68 Å². The second-order valence-corrected chi connectivity index (χ2v) is 5.62. The highest BCUT2D eigenvalue weighted by molar-refractivity contribution is 5.68. The van der Waals surface area contributed by atoms with Crippen LogP contribution in [0.5, 0.6) is 5.75 Å². The van der Waals surface area contributed by atoms with Crippen LogP contribution in [0, 0.1) is 5.41 Å². The molecule has 0 amide bonds. The number of nitrogens with zero attached hydrogens (tertiary/aromatic N) is 4. The Balaban J connectivity index is 2.06. The third-order valence-electron chi connectivity index (χ3n) is 3.72. The van der Waals surface area contributed by atoms with E-state index in [2.05, 4.69) is 29.4 Å². The Morgan fingerprint density at radius 3 is 2.79 bits per heavy atom. The number of hydrogen-bond acceptors (Lipinski definition) is 5. The summed E-state index contributed by atoms with van der Waals surface area (Å²) in [6.45, 7) is 4.42. The summed E-state index contributed by atoms with van der Waals surface area (Å²) in [6, 6.07) is 5.85. The van der Waals surface area contributed by atoms with Crippen molar-refractivity contribution < 1.29 is 4.74 Å². The van der Waals surface area contributed by atoms with Crippen molar-refractivity contribution >= 4 is 5.69 Å². The number of methoxy groups -OCH3 is 1. The van der Waals surface area contributed by atoms with Gasteiger partial charge in [0, 0.05) is 11.8 Å². The molecule has 6 nitrogen and oxygen atoms in total. The third-order valence-corrected chi connectivity index (χ3v) is 3.72. The van der Waals surface area contributed by atoms with Gasteiger partial charge < -0.3 is 10.5 Å². The summed E-state index contributed by atoms with van der Waals surface area (Å²) in [4.78, 5) is 0. The molecule has 0 aliphatic heterocycles. The predicted octanol–water partition coefficient (Wildman–Crippen LogP) is 1.90. The lowest BCUT2D eigenvalue weighted by Gasteiger charge is -2.10. The van der Waals surface area contributed by atoms with Gasteiger partial charge in [0.2, 0.25) is 0 Å². The van der Waals surface area contributed by atoms with Gasteiger partial charge in [-0.2, -0.15) is 0 Å². The minimum Gasteiger partial charge on any atom is -0.496 e. The normalized spacial score (nSPS) is 20.3. The average molecular weight is 259 g/mol.